The Morgan fingerprint density at radius 1 is 1.24 bits per heavy atom. The summed E-state index contributed by atoms with van der Waals surface area (Å²) in [6.45, 7) is -1.78. The molecule has 1 aromatic carbocycles. The predicted molar refractivity (Wildman–Crippen MR) is 81.7 cm³/mol. The van der Waals surface area contributed by atoms with Gasteiger partial charge >= 0.3 is 6.18 Å². The van der Waals surface area contributed by atoms with Gasteiger partial charge in [0.25, 0.3) is 5.91 Å². The molecule has 0 aliphatic carbocycles. The third-order valence-corrected chi connectivity index (χ3v) is 3.04. The van der Waals surface area contributed by atoms with E-state index in [1.807, 2.05) is 0 Å². The fraction of sp³-hybridized carbons (Fsp3) is 0.333. The van der Waals surface area contributed by atoms with Crippen LogP contribution in [0.25, 0.3) is 0 Å². The van der Waals surface area contributed by atoms with Crippen molar-refractivity contribution < 1.29 is 32.2 Å². The molecule has 2 rings (SSSR count). The highest BCUT2D eigenvalue weighted by atomic mass is 19.4. The summed E-state index contributed by atoms with van der Waals surface area (Å²) in [5.74, 6) is 0.126. The maximum atomic E-state index is 12.4. The standard InChI is InChI=1S/C15H16F3N3O4/c1-23-11-4-3-5-12(24-2)13(11)14(22)20-10-6-19-21(7-10)9-25-8-15(16,17)18/h3-7H,8-9H2,1-2H3,(H,20,22). The molecule has 0 atom stereocenters. The molecule has 1 N–H and O–H groups in total. The van der Waals surface area contributed by atoms with Crippen molar-refractivity contribution in [2.75, 3.05) is 26.1 Å². The van der Waals surface area contributed by atoms with Crippen molar-refractivity contribution in [3.05, 3.63) is 36.2 Å². The number of amides is 1. The minimum absolute atomic E-state index is 0.188. The molecular formula is C15H16F3N3O4. The molecule has 0 saturated heterocycles. The van der Waals surface area contributed by atoms with Gasteiger partial charge < -0.3 is 19.5 Å². The molecule has 0 saturated carbocycles. The molecule has 1 aromatic heterocycles. The molecule has 7 nitrogen and oxygen atoms in total. The lowest BCUT2D eigenvalue weighted by atomic mass is 10.1. The molecule has 136 valence electrons. The molecular weight excluding hydrogens is 343 g/mol. The number of nitrogens with zero attached hydrogens (tertiary/aromatic N) is 2. The van der Waals surface area contributed by atoms with Crippen molar-refractivity contribution in [1.82, 2.24) is 9.78 Å². The van der Waals surface area contributed by atoms with E-state index >= 15 is 0 Å². The van der Waals surface area contributed by atoms with Crippen LogP contribution in [0.1, 0.15) is 10.4 Å². The summed E-state index contributed by atoms with van der Waals surface area (Å²) in [7, 11) is 2.84. The van der Waals surface area contributed by atoms with Gasteiger partial charge in [0.15, 0.2) is 0 Å². The van der Waals surface area contributed by atoms with Crippen LogP contribution in [0.4, 0.5) is 18.9 Å². The van der Waals surface area contributed by atoms with Gasteiger partial charge in [-0.25, -0.2) is 4.68 Å². The lowest BCUT2D eigenvalue weighted by Gasteiger charge is -2.12. The first-order chi connectivity index (χ1) is 11.8. The number of benzene rings is 1. The number of ether oxygens (including phenoxy) is 3. The van der Waals surface area contributed by atoms with Gasteiger partial charge in [0.05, 0.1) is 32.3 Å². The van der Waals surface area contributed by atoms with Gasteiger partial charge in [-0.1, -0.05) is 6.07 Å². The zero-order chi connectivity index (χ0) is 18.4. The second kappa shape index (κ2) is 7.88. The summed E-state index contributed by atoms with van der Waals surface area (Å²) in [5.41, 5.74) is 0.474. The number of nitrogens with one attached hydrogen (secondary N) is 1. The first-order valence-corrected chi connectivity index (χ1v) is 7.03. The number of alkyl halides is 3. The van der Waals surface area contributed by atoms with E-state index in [0.717, 1.165) is 4.68 Å². The van der Waals surface area contributed by atoms with Crippen molar-refractivity contribution in [1.29, 1.82) is 0 Å². The van der Waals surface area contributed by atoms with Crippen LogP contribution in [0, 0.1) is 0 Å². The van der Waals surface area contributed by atoms with E-state index in [-0.39, 0.29) is 11.3 Å². The summed E-state index contributed by atoms with van der Waals surface area (Å²) in [4.78, 5) is 12.4. The number of hydrogen-bond acceptors (Lipinski definition) is 5. The van der Waals surface area contributed by atoms with E-state index in [4.69, 9.17) is 9.47 Å². The lowest BCUT2D eigenvalue weighted by Crippen LogP contribution is -2.18. The van der Waals surface area contributed by atoms with Gasteiger partial charge in [-0.05, 0) is 12.1 Å². The van der Waals surface area contributed by atoms with Crippen LogP contribution >= 0.6 is 0 Å². The minimum Gasteiger partial charge on any atom is -0.496 e. The molecule has 0 bridgehead atoms. The van der Waals surface area contributed by atoms with Crippen LogP contribution in [0.5, 0.6) is 11.5 Å². The number of halogens is 3. The summed E-state index contributed by atoms with van der Waals surface area (Å²) in [6, 6.07) is 4.88. The Kier molecular flexibility index (Phi) is 5.86. The molecule has 1 heterocycles. The highest BCUT2D eigenvalue weighted by Gasteiger charge is 2.27. The Hall–Kier alpha value is -2.75. The zero-order valence-corrected chi connectivity index (χ0v) is 13.5. The number of carbonyl (C=O) groups excluding carboxylic acids is 1. The molecule has 0 aliphatic rings. The van der Waals surface area contributed by atoms with Crippen molar-refractivity contribution in [3.8, 4) is 11.5 Å². The van der Waals surface area contributed by atoms with Crippen molar-refractivity contribution in [3.63, 3.8) is 0 Å². The summed E-state index contributed by atoms with van der Waals surface area (Å²) in [5, 5.41) is 6.39. The van der Waals surface area contributed by atoms with Gasteiger partial charge in [-0.15, -0.1) is 0 Å². The third kappa shape index (κ3) is 5.11. The number of carbonyl (C=O) groups is 1. The number of methoxy groups -OCH3 is 2. The van der Waals surface area contributed by atoms with Gasteiger partial charge in [-0.2, -0.15) is 18.3 Å². The van der Waals surface area contributed by atoms with E-state index in [1.165, 1.54) is 26.6 Å². The topological polar surface area (TPSA) is 74.6 Å². The van der Waals surface area contributed by atoms with E-state index < -0.39 is 25.4 Å². The zero-order valence-electron chi connectivity index (χ0n) is 13.5. The second-order valence-electron chi connectivity index (χ2n) is 4.85. The molecule has 1 amide bonds. The molecule has 0 radical (unpaired) electrons. The fourth-order valence-corrected chi connectivity index (χ4v) is 2.02. The van der Waals surface area contributed by atoms with Crippen LogP contribution in [0.15, 0.2) is 30.6 Å². The van der Waals surface area contributed by atoms with Crippen LogP contribution < -0.4 is 14.8 Å². The molecule has 0 aliphatic heterocycles. The Morgan fingerprint density at radius 2 is 1.88 bits per heavy atom. The molecule has 2 aromatic rings. The largest absolute Gasteiger partial charge is 0.496 e. The maximum absolute atomic E-state index is 12.4. The molecule has 10 heteroatoms. The average Bonchev–Trinajstić information content (AvgIpc) is 2.99. The molecule has 0 unspecified atom stereocenters. The summed E-state index contributed by atoms with van der Waals surface area (Å²) < 4.78 is 52.0. The Morgan fingerprint density at radius 3 is 2.44 bits per heavy atom. The number of anilines is 1. The third-order valence-electron chi connectivity index (χ3n) is 3.04. The molecule has 25 heavy (non-hydrogen) atoms. The van der Waals surface area contributed by atoms with Gasteiger partial charge in [0.1, 0.15) is 30.4 Å². The first kappa shape index (κ1) is 18.6. The van der Waals surface area contributed by atoms with Crippen molar-refractivity contribution >= 4 is 11.6 Å². The number of aromatic nitrogens is 2. The first-order valence-electron chi connectivity index (χ1n) is 7.03. The van der Waals surface area contributed by atoms with E-state index in [9.17, 15) is 18.0 Å². The van der Waals surface area contributed by atoms with Crippen LogP contribution in [0.2, 0.25) is 0 Å². The number of hydrogen-bond donors (Lipinski definition) is 1. The van der Waals surface area contributed by atoms with Crippen molar-refractivity contribution in [2.24, 2.45) is 0 Å². The Labute approximate surface area is 141 Å². The Bertz CT molecular complexity index is 709. The highest BCUT2D eigenvalue weighted by molar-refractivity contribution is 6.08. The number of rotatable bonds is 7. The van der Waals surface area contributed by atoms with Gasteiger partial charge in [0, 0.05) is 0 Å². The molecule has 0 spiro atoms. The average molecular weight is 359 g/mol. The SMILES string of the molecule is COc1cccc(OC)c1C(=O)Nc1cnn(COCC(F)(F)F)c1. The fourth-order valence-electron chi connectivity index (χ4n) is 2.02. The van der Waals surface area contributed by atoms with Gasteiger partial charge in [-0.3, -0.25) is 4.79 Å². The monoisotopic (exact) mass is 359 g/mol. The van der Waals surface area contributed by atoms with Gasteiger partial charge in [0.2, 0.25) is 0 Å². The Balaban J connectivity index is 2.05. The van der Waals surface area contributed by atoms with Crippen LogP contribution in [-0.4, -0.2) is 42.7 Å². The van der Waals surface area contributed by atoms with Crippen LogP contribution in [-0.2, 0) is 11.5 Å². The van der Waals surface area contributed by atoms with Crippen LogP contribution in [0.3, 0.4) is 0 Å². The van der Waals surface area contributed by atoms with E-state index in [0.29, 0.717) is 11.5 Å². The quantitative estimate of drug-likeness (QED) is 0.823. The molecule has 0 fully saturated rings. The predicted octanol–water partition coefficient (Wildman–Crippen LogP) is 2.69. The summed E-state index contributed by atoms with van der Waals surface area (Å²) >= 11 is 0. The maximum Gasteiger partial charge on any atom is 0.411 e. The highest BCUT2D eigenvalue weighted by Crippen LogP contribution is 2.29. The minimum atomic E-state index is -4.41. The van der Waals surface area contributed by atoms with Crippen molar-refractivity contribution in [2.45, 2.75) is 12.9 Å². The second-order valence-corrected chi connectivity index (χ2v) is 4.85. The lowest BCUT2D eigenvalue weighted by molar-refractivity contribution is -0.182. The van der Waals surface area contributed by atoms with E-state index in [1.54, 1.807) is 18.2 Å². The normalized spacial score (nSPS) is 11.2. The van der Waals surface area contributed by atoms with E-state index in [2.05, 4.69) is 15.2 Å². The summed E-state index contributed by atoms with van der Waals surface area (Å²) in [6.07, 6.45) is -1.78. The smallest absolute Gasteiger partial charge is 0.411 e.